The molecule has 0 bridgehead atoms. The number of allylic oxidation sites excluding steroid dienone is 2. The molecule has 0 aromatic rings. The van der Waals surface area contributed by atoms with Crippen molar-refractivity contribution in [3.63, 3.8) is 0 Å². The van der Waals surface area contributed by atoms with E-state index in [2.05, 4.69) is 31.3 Å². The van der Waals surface area contributed by atoms with E-state index in [1.54, 1.807) is 0 Å². The summed E-state index contributed by atoms with van der Waals surface area (Å²) >= 11 is 0. The fourth-order valence-corrected chi connectivity index (χ4v) is 5.29. The highest BCUT2D eigenvalue weighted by molar-refractivity contribution is 5.80. The molecule has 0 saturated carbocycles. The number of aliphatic hydroxyl groups is 3. The molecule has 4 N–H and O–H groups in total. The Morgan fingerprint density at radius 3 is 1.45 bits per heavy atom. The van der Waals surface area contributed by atoms with Crippen LogP contribution in [-0.4, -0.2) is 46.1 Å². The lowest BCUT2D eigenvalue weighted by molar-refractivity contribution is -0.131. The Labute approximate surface area is 249 Å². The van der Waals surface area contributed by atoms with Gasteiger partial charge in [-0.1, -0.05) is 161 Å². The van der Waals surface area contributed by atoms with Gasteiger partial charge in [-0.2, -0.15) is 0 Å². The Bertz CT molecular complexity index is 554. The highest BCUT2D eigenvalue weighted by Crippen LogP contribution is 2.15. The first-order valence-electron chi connectivity index (χ1n) is 17.5. The molecule has 0 fully saturated rings. The summed E-state index contributed by atoms with van der Waals surface area (Å²) in [6.45, 7) is 4.15. The van der Waals surface area contributed by atoms with E-state index in [1.165, 1.54) is 109 Å². The number of hydrogen-bond acceptors (Lipinski definition) is 4. The summed E-state index contributed by atoms with van der Waals surface area (Å²) in [6, 6.07) is -0.712. The van der Waals surface area contributed by atoms with E-state index >= 15 is 0 Å². The first-order chi connectivity index (χ1) is 19.6. The van der Waals surface area contributed by atoms with Crippen molar-refractivity contribution < 1.29 is 20.1 Å². The average molecular weight is 568 g/mol. The number of amides is 1. The molecule has 0 spiro atoms. The van der Waals surface area contributed by atoms with Crippen molar-refractivity contribution in [2.24, 2.45) is 0 Å². The van der Waals surface area contributed by atoms with Crippen molar-refractivity contribution in [1.29, 1.82) is 0 Å². The highest BCUT2D eigenvalue weighted by Gasteiger charge is 2.23. The number of rotatable bonds is 31. The summed E-state index contributed by atoms with van der Waals surface area (Å²) in [5.41, 5.74) is 0. The molecular weight excluding hydrogens is 498 g/mol. The van der Waals surface area contributed by atoms with E-state index in [9.17, 15) is 20.1 Å². The average Bonchev–Trinajstić information content (AvgIpc) is 2.96. The van der Waals surface area contributed by atoms with E-state index in [4.69, 9.17) is 0 Å². The molecule has 0 rings (SSSR count). The van der Waals surface area contributed by atoms with Crippen LogP contribution < -0.4 is 5.32 Å². The fourth-order valence-electron chi connectivity index (χ4n) is 5.29. The van der Waals surface area contributed by atoms with E-state index in [0.717, 1.165) is 44.9 Å². The van der Waals surface area contributed by atoms with Gasteiger partial charge in [0.1, 0.15) is 6.10 Å². The Kier molecular flexibility index (Phi) is 30.3. The second-order valence-electron chi connectivity index (χ2n) is 12.1. The van der Waals surface area contributed by atoms with Gasteiger partial charge in [0.05, 0.1) is 18.8 Å². The second-order valence-corrected chi connectivity index (χ2v) is 12.1. The number of carbonyl (C=O) groups excluding carboxylic acids is 1. The zero-order valence-corrected chi connectivity index (χ0v) is 26.7. The van der Waals surface area contributed by atoms with Crippen LogP contribution in [0.2, 0.25) is 0 Å². The van der Waals surface area contributed by atoms with Gasteiger partial charge in [-0.15, -0.1) is 0 Å². The van der Waals surface area contributed by atoms with Gasteiger partial charge in [0, 0.05) is 0 Å². The number of hydrogen-bond donors (Lipinski definition) is 4. The summed E-state index contributed by atoms with van der Waals surface area (Å²) in [6.07, 6.45) is 33.4. The Hall–Kier alpha value is -0.910. The molecule has 1 amide bonds. The minimum absolute atomic E-state index is 0.317. The van der Waals surface area contributed by atoms with Crippen LogP contribution >= 0.6 is 0 Å². The van der Waals surface area contributed by atoms with Crippen LogP contribution in [0.25, 0.3) is 0 Å². The molecule has 0 aromatic heterocycles. The number of unbranched alkanes of at least 4 members (excludes halogenated alkanes) is 21. The maximum Gasteiger partial charge on any atom is 0.249 e. The number of carbonyl (C=O) groups is 1. The SMILES string of the molecule is CCCC/C=C\CCCCCC(O)C(=O)NC(CO)C(O)CCCCCCCCCCCCCCCCCCC. The van der Waals surface area contributed by atoms with Gasteiger partial charge in [0.25, 0.3) is 0 Å². The van der Waals surface area contributed by atoms with Gasteiger partial charge in [0.2, 0.25) is 5.91 Å². The summed E-state index contributed by atoms with van der Waals surface area (Å²) in [5.74, 6) is -0.486. The van der Waals surface area contributed by atoms with Crippen LogP contribution in [0, 0.1) is 0 Å². The van der Waals surface area contributed by atoms with Crippen molar-refractivity contribution in [3.05, 3.63) is 12.2 Å². The molecule has 0 aromatic carbocycles. The van der Waals surface area contributed by atoms with Crippen LogP contribution in [0.15, 0.2) is 12.2 Å². The van der Waals surface area contributed by atoms with Crippen molar-refractivity contribution in [2.75, 3.05) is 6.61 Å². The molecule has 238 valence electrons. The minimum Gasteiger partial charge on any atom is -0.394 e. The topological polar surface area (TPSA) is 89.8 Å². The van der Waals surface area contributed by atoms with Crippen molar-refractivity contribution >= 4 is 5.91 Å². The van der Waals surface area contributed by atoms with Crippen LogP contribution in [0.3, 0.4) is 0 Å². The first-order valence-corrected chi connectivity index (χ1v) is 17.5. The zero-order valence-electron chi connectivity index (χ0n) is 26.7. The van der Waals surface area contributed by atoms with Gasteiger partial charge in [-0.25, -0.2) is 0 Å². The summed E-state index contributed by atoms with van der Waals surface area (Å²) < 4.78 is 0. The quantitative estimate of drug-likeness (QED) is 0.0497. The molecule has 40 heavy (non-hydrogen) atoms. The highest BCUT2D eigenvalue weighted by atomic mass is 16.3. The van der Waals surface area contributed by atoms with Gasteiger partial charge in [0.15, 0.2) is 0 Å². The third-order valence-electron chi connectivity index (χ3n) is 8.13. The number of nitrogens with one attached hydrogen (secondary N) is 1. The summed E-state index contributed by atoms with van der Waals surface area (Å²) in [4.78, 5) is 12.3. The molecule has 0 aliphatic carbocycles. The second kappa shape index (κ2) is 31.0. The molecule has 0 saturated heterocycles. The van der Waals surface area contributed by atoms with Crippen molar-refractivity contribution in [3.8, 4) is 0 Å². The molecule has 0 aliphatic rings. The molecular formula is C35H69NO4. The smallest absolute Gasteiger partial charge is 0.249 e. The fraction of sp³-hybridized carbons (Fsp3) is 0.914. The maximum atomic E-state index is 12.3. The Morgan fingerprint density at radius 1 is 0.575 bits per heavy atom. The third-order valence-corrected chi connectivity index (χ3v) is 8.13. The van der Waals surface area contributed by atoms with E-state index in [0.29, 0.717) is 12.8 Å². The lowest BCUT2D eigenvalue weighted by Crippen LogP contribution is -2.49. The molecule has 0 aliphatic heterocycles. The van der Waals surface area contributed by atoms with Crippen LogP contribution in [0.1, 0.15) is 181 Å². The normalized spacial score (nSPS) is 14.0. The van der Waals surface area contributed by atoms with Crippen LogP contribution in [-0.2, 0) is 4.79 Å². The minimum atomic E-state index is -1.08. The lowest BCUT2D eigenvalue weighted by atomic mass is 10.0. The lowest BCUT2D eigenvalue weighted by Gasteiger charge is -2.23. The molecule has 5 heteroatoms. The Balaban J connectivity index is 3.66. The molecule has 0 radical (unpaired) electrons. The molecule has 5 nitrogen and oxygen atoms in total. The molecule has 3 unspecified atom stereocenters. The van der Waals surface area contributed by atoms with E-state index < -0.39 is 24.2 Å². The van der Waals surface area contributed by atoms with Gasteiger partial charge in [-0.05, 0) is 32.1 Å². The largest absolute Gasteiger partial charge is 0.394 e. The van der Waals surface area contributed by atoms with Crippen LogP contribution in [0.5, 0.6) is 0 Å². The van der Waals surface area contributed by atoms with Gasteiger partial charge >= 0.3 is 0 Å². The van der Waals surface area contributed by atoms with Crippen molar-refractivity contribution in [1.82, 2.24) is 5.32 Å². The monoisotopic (exact) mass is 568 g/mol. The predicted molar refractivity (Wildman–Crippen MR) is 172 cm³/mol. The Morgan fingerprint density at radius 2 is 0.975 bits per heavy atom. The zero-order chi connectivity index (χ0) is 29.5. The predicted octanol–water partition coefficient (Wildman–Crippen LogP) is 8.92. The van der Waals surface area contributed by atoms with Crippen LogP contribution in [0.4, 0.5) is 0 Å². The van der Waals surface area contributed by atoms with Gasteiger partial charge < -0.3 is 20.6 Å². The summed E-state index contributed by atoms with van der Waals surface area (Å²) in [5, 5.41) is 33.0. The molecule has 0 heterocycles. The van der Waals surface area contributed by atoms with E-state index in [-0.39, 0.29) is 6.61 Å². The number of aliphatic hydroxyl groups excluding tert-OH is 3. The van der Waals surface area contributed by atoms with Crippen molar-refractivity contribution in [2.45, 2.75) is 199 Å². The maximum absolute atomic E-state index is 12.3. The van der Waals surface area contributed by atoms with Gasteiger partial charge in [-0.3, -0.25) is 4.79 Å². The standard InChI is InChI=1S/C35H69NO4/c1-3-5-7-9-11-13-14-15-16-17-18-19-20-22-23-25-27-29-33(38)32(31-37)36-35(40)34(39)30-28-26-24-21-12-10-8-6-4-2/h10,12,32-34,37-39H,3-9,11,13-31H2,1-2H3,(H,36,40)/b12-10-. The molecule has 3 atom stereocenters. The first kappa shape index (κ1) is 39.1. The summed E-state index contributed by atoms with van der Waals surface area (Å²) in [7, 11) is 0. The third kappa shape index (κ3) is 26.0. The van der Waals surface area contributed by atoms with E-state index in [1.807, 2.05) is 0 Å².